The second kappa shape index (κ2) is 26.1. The number of likely N-dealkylation sites (tertiary alicyclic amines) is 1. The van der Waals surface area contributed by atoms with Gasteiger partial charge in [0, 0.05) is 63.0 Å². The number of benzene rings is 1. The van der Waals surface area contributed by atoms with Crippen LogP contribution >= 0.6 is 19.2 Å². The van der Waals surface area contributed by atoms with Crippen LogP contribution in [0.25, 0.3) is 0 Å². The van der Waals surface area contributed by atoms with E-state index in [9.17, 15) is 57.8 Å². The third-order valence-corrected chi connectivity index (χ3v) is 14.0. The van der Waals surface area contributed by atoms with Crippen molar-refractivity contribution in [1.82, 2.24) is 30.3 Å². The van der Waals surface area contributed by atoms with Crippen molar-refractivity contribution < 1.29 is 67.1 Å². The van der Waals surface area contributed by atoms with Crippen molar-refractivity contribution >= 4 is 72.2 Å². The Morgan fingerprint density at radius 2 is 1.69 bits per heavy atom. The van der Waals surface area contributed by atoms with E-state index in [1.807, 2.05) is 39.6 Å². The molecule has 2 unspecified atom stereocenters. The first-order chi connectivity index (χ1) is 32.9. The number of hydrogen-bond donors (Lipinski definition) is 6. The number of esters is 1. The Bertz CT molecular complexity index is 2280. The van der Waals surface area contributed by atoms with Gasteiger partial charge < -0.3 is 35.2 Å². The number of carbonyl (C=O) groups is 8. The highest BCUT2D eigenvalue weighted by molar-refractivity contribution is 7.46. The molecule has 2 aromatic rings. The summed E-state index contributed by atoms with van der Waals surface area (Å²) in [4.78, 5) is 131. The van der Waals surface area contributed by atoms with Crippen molar-refractivity contribution in [1.29, 1.82) is 0 Å². The molecule has 2 aliphatic rings. The van der Waals surface area contributed by atoms with Gasteiger partial charge in [-0.05, 0) is 81.6 Å². The number of phosphoric ester groups is 1. The number of rotatable bonds is 26. The molecule has 21 nitrogen and oxygen atoms in total. The van der Waals surface area contributed by atoms with Gasteiger partial charge in [-0.25, -0.2) is 9.55 Å². The zero-order chi connectivity index (χ0) is 52.0. The fourth-order valence-electron chi connectivity index (χ4n) is 8.45. The van der Waals surface area contributed by atoms with Crippen LogP contribution in [0.5, 0.6) is 5.75 Å². The third-order valence-electron chi connectivity index (χ3n) is 12.6. The number of hydrogen-bond acceptors (Lipinski definition) is 14. The molecule has 0 saturated carbocycles. The molecular weight excluding hydrogens is 950 g/mol. The summed E-state index contributed by atoms with van der Waals surface area (Å²) in [5.74, 6) is -6.05. The van der Waals surface area contributed by atoms with Crippen LogP contribution in [-0.4, -0.2) is 133 Å². The van der Waals surface area contributed by atoms with E-state index in [2.05, 4.69) is 20.9 Å². The Morgan fingerprint density at radius 1 is 1.00 bits per heavy atom. The number of likely N-dealkylation sites (N-methyl/N-ethyl adjacent to an activating group) is 2. The molecule has 7 atom stereocenters. The molecule has 0 radical (unpaired) electrons. The van der Waals surface area contributed by atoms with Crippen molar-refractivity contribution in [3.63, 3.8) is 0 Å². The van der Waals surface area contributed by atoms with Gasteiger partial charge in [-0.3, -0.25) is 57.9 Å². The number of nitrogens with zero attached hydrogens (tertiary/aromatic N) is 4. The molecule has 4 rings (SSSR count). The number of aliphatic carboxylic acids is 1. The number of thiazole rings is 1. The predicted molar refractivity (Wildman–Crippen MR) is 258 cm³/mol. The van der Waals surface area contributed by atoms with E-state index in [0.29, 0.717) is 24.8 Å². The highest BCUT2D eigenvalue weighted by atomic mass is 32.1. The van der Waals surface area contributed by atoms with Gasteiger partial charge in [-0.1, -0.05) is 53.5 Å². The standard InChI is InChI=1S/C47H68N7O14PS/c1-9-28(4)42(51-44(60)35-14-10-12-20-52(35)7)46(61)53(8)36(27(2)3)25-38(67-30(6)55)45-50-34(26-70-45)43(59)48-32(22-29(5)47(62)63)23-31-16-17-37(68-69(64,65)66)33(24-31)49-39(56)15-11-13-21-54-40(57)18-19-41(54)58/h16-19,24,26-29,32,35-36,38,42H,9-15,20-23,25H2,1-8H3,(H,48,59)(H,49,56)(H,51,60)(H,62,63)(H2,64,65,66)/t28-,29?,32+,35+,36?,38+,42-/m0/s1. The van der Waals surface area contributed by atoms with E-state index in [4.69, 9.17) is 9.26 Å². The molecule has 6 amide bonds. The maximum Gasteiger partial charge on any atom is 0.524 e. The molecular formula is C47H68N7O14PS. The molecule has 23 heteroatoms. The lowest BCUT2D eigenvalue weighted by molar-refractivity contribution is -0.149. The van der Waals surface area contributed by atoms with Gasteiger partial charge >= 0.3 is 19.8 Å². The number of aromatic nitrogens is 1. The first-order valence-corrected chi connectivity index (χ1v) is 25.9. The summed E-state index contributed by atoms with van der Waals surface area (Å²) in [6.07, 6.45) is 5.06. The third kappa shape index (κ3) is 16.8. The Morgan fingerprint density at radius 3 is 2.29 bits per heavy atom. The molecule has 3 heterocycles. The van der Waals surface area contributed by atoms with Crippen molar-refractivity contribution in [3.8, 4) is 5.75 Å². The first kappa shape index (κ1) is 57.0. The van der Waals surface area contributed by atoms with Crippen molar-refractivity contribution in [2.75, 3.05) is 32.5 Å². The van der Waals surface area contributed by atoms with Gasteiger partial charge in [0.15, 0.2) is 11.9 Å². The normalized spacial score (nSPS) is 17.8. The summed E-state index contributed by atoms with van der Waals surface area (Å²) in [6, 6.07) is 1.52. The number of carboxylic acid groups (broad SMARTS) is 1. The summed E-state index contributed by atoms with van der Waals surface area (Å²) < 4.78 is 22.5. The van der Waals surface area contributed by atoms with Gasteiger partial charge in [0.2, 0.25) is 17.7 Å². The smallest absolute Gasteiger partial charge is 0.481 e. The number of ether oxygens (including phenoxy) is 1. The number of unbranched alkanes of at least 4 members (excludes halogenated alkanes) is 1. The first-order valence-electron chi connectivity index (χ1n) is 23.5. The summed E-state index contributed by atoms with van der Waals surface area (Å²) in [5.41, 5.74) is 0.242. The Hall–Kier alpha value is -5.54. The quantitative estimate of drug-likeness (QED) is 0.0325. The molecule has 386 valence electrons. The highest BCUT2D eigenvalue weighted by Gasteiger charge is 2.38. The van der Waals surface area contributed by atoms with Crippen LogP contribution < -0.4 is 20.5 Å². The van der Waals surface area contributed by atoms with Crippen LogP contribution in [0.2, 0.25) is 0 Å². The van der Waals surface area contributed by atoms with Gasteiger partial charge in [0.05, 0.1) is 17.6 Å². The number of nitrogens with one attached hydrogen (secondary N) is 3. The maximum absolute atomic E-state index is 14.3. The van der Waals surface area contributed by atoms with E-state index in [0.717, 1.165) is 47.8 Å². The second-order valence-electron chi connectivity index (χ2n) is 18.5. The largest absolute Gasteiger partial charge is 0.524 e. The summed E-state index contributed by atoms with van der Waals surface area (Å²) in [5, 5.41) is 20.0. The lowest BCUT2D eigenvalue weighted by Crippen LogP contribution is -2.58. The van der Waals surface area contributed by atoms with Crippen molar-refractivity contribution in [2.24, 2.45) is 17.8 Å². The monoisotopic (exact) mass is 1020 g/mol. The molecule has 0 spiro atoms. The molecule has 70 heavy (non-hydrogen) atoms. The van der Waals surface area contributed by atoms with E-state index in [1.165, 1.54) is 37.4 Å². The molecule has 2 aliphatic heterocycles. The molecule has 0 bridgehead atoms. The number of carboxylic acids is 1. The minimum absolute atomic E-state index is 0.0205. The number of amides is 6. The Balaban J connectivity index is 1.52. The van der Waals surface area contributed by atoms with E-state index < -0.39 is 73.5 Å². The zero-order valence-electron chi connectivity index (χ0n) is 41.0. The average Bonchev–Trinajstić information content (AvgIpc) is 3.91. The molecule has 1 saturated heterocycles. The van der Waals surface area contributed by atoms with Gasteiger partial charge in [0.25, 0.3) is 17.7 Å². The SMILES string of the molecule is CC[C@H](C)[C@H](NC(=O)[C@H]1CCCCN1C)C(=O)N(C)C(C[C@@H](OC(C)=O)c1nc(C(=O)N[C@@H](Cc2ccc(OP(=O)(O)O)c(NC(=O)CCCCN3C(=O)C=CC3=O)c2)CC(C)C(=O)O)cs1)C(C)C. The van der Waals surface area contributed by atoms with Crippen LogP contribution in [0.1, 0.15) is 126 Å². The predicted octanol–water partition coefficient (Wildman–Crippen LogP) is 4.59. The van der Waals surface area contributed by atoms with Crippen LogP contribution in [-0.2, 0) is 49.3 Å². The number of phosphoric acid groups is 1. The van der Waals surface area contributed by atoms with Crippen LogP contribution in [0, 0.1) is 17.8 Å². The van der Waals surface area contributed by atoms with E-state index in [-0.39, 0.29) is 90.5 Å². The molecule has 0 aliphatic carbocycles. The van der Waals surface area contributed by atoms with Gasteiger partial charge in [0.1, 0.15) is 16.7 Å². The summed E-state index contributed by atoms with van der Waals surface area (Å²) in [7, 11) is -1.54. The zero-order valence-corrected chi connectivity index (χ0v) is 42.8. The number of anilines is 1. The van der Waals surface area contributed by atoms with Gasteiger partial charge in [-0.2, -0.15) is 0 Å². The van der Waals surface area contributed by atoms with Crippen LogP contribution in [0.3, 0.4) is 0 Å². The molecule has 1 aromatic carbocycles. The minimum Gasteiger partial charge on any atom is -0.481 e. The average molecular weight is 1020 g/mol. The van der Waals surface area contributed by atoms with Crippen LogP contribution in [0.15, 0.2) is 35.7 Å². The molecule has 1 fully saturated rings. The van der Waals surface area contributed by atoms with Crippen molar-refractivity contribution in [2.45, 2.75) is 136 Å². The number of imide groups is 1. The molecule has 1 aromatic heterocycles. The van der Waals surface area contributed by atoms with Crippen LogP contribution in [0.4, 0.5) is 5.69 Å². The lowest BCUT2D eigenvalue weighted by Gasteiger charge is -2.38. The van der Waals surface area contributed by atoms with E-state index >= 15 is 0 Å². The fraction of sp³-hybridized carbons (Fsp3) is 0.596. The Kier molecular flexibility index (Phi) is 21.2. The summed E-state index contributed by atoms with van der Waals surface area (Å²) >= 11 is 1.06. The van der Waals surface area contributed by atoms with Crippen molar-refractivity contribution in [3.05, 3.63) is 52.0 Å². The Labute approximate surface area is 412 Å². The second-order valence-corrected chi connectivity index (χ2v) is 20.5. The minimum atomic E-state index is -5.10. The van der Waals surface area contributed by atoms with Gasteiger partial charge in [-0.15, -0.1) is 11.3 Å². The van der Waals surface area contributed by atoms with E-state index in [1.54, 1.807) is 11.9 Å². The fourth-order valence-corrected chi connectivity index (χ4v) is 9.71. The maximum atomic E-state index is 14.3. The molecule has 6 N–H and O–H groups in total. The number of piperidine rings is 1. The summed E-state index contributed by atoms with van der Waals surface area (Å²) in [6.45, 7) is 11.3. The highest BCUT2D eigenvalue weighted by Crippen LogP contribution is 2.41. The number of carbonyl (C=O) groups excluding carboxylic acids is 7. The topological polar surface area (TPSA) is 291 Å². The lowest BCUT2D eigenvalue weighted by atomic mass is 9.92.